The zero-order valence-corrected chi connectivity index (χ0v) is 13.8. The molecule has 4 saturated carbocycles. The van der Waals surface area contributed by atoms with E-state index in [1.807, 2.05) is 0 Å². The Hall–Kier alpha value is -0.520. The molecule has 3 atom stereocenters. The Kier molecular flexibility index (Phi) is 3.59. The number of carbonyl (C=O) groups excluding carboxylic acids is 1. The highest BCUT2D eigenvalue weighted by atomic mass is 32.2. The molecule has 0 aromatic heterocycles. The van der Waals surface area contributed by atoms with Gasteiger partial charge in [0.15, 0.2) is 0 Å². The van der Waals surface area contributed by atoms with Gasteiger partial charge in [0.1, 0.15) is 17.6 Å². The summed E-state index contributed by atoms with van der Waals surface area (Å²) in [6.45, 7) is 1.53. The first-order valence-corrected chi connectivity index (χ1v) is 9.35. The molecule has 1 aliphatic heterocycles. The Morgan fingerprint density at radius 1 is 1.14 bits per heavy atom. The van der Waals surface area contributed by atoms with E-state index in [0.29, 0.717) is 0 Å². The molecule has 1 heterocycles. The molecule has 4 bridgehead atoms. The molecule has 0 spiro atoms. The molecule has 122 valence electrons. The number of hydrogen-bond acceptors (Lipinski definition) is 4. The minimum Gasteiger partial charge on any atom is -0.387 e. The van der Waals surface area contributed by atoms with Crippen LogP contribution in [0.4, 0.5) is 0 Å². The Labute approximate surface area is 135 Å². The van der Waals surface area contributed by atoms with Gasteiger partial charge in [-0.05, 0) is 62.4 Å². The lowest BCUT2D eigenvalue weighted by atomic mass is 9.56. The Morgan fingerprint density at radius 3 is 2.18 bits per heavy atom. The molecule has 22 heavy (non-hydrogen) atoms. The quantitative estimate of drug-likeness (QED) is 0.817. The number of rotatable bonds is 2. The molecule has 5 aliphatic rings. The van der Waals surface area contributed by atoms with Crippen LogP contribution >= 0.6 is 11.8 Å². The molecule has 0 aromatic rings. The molecule has 2 N–H and O–H groups in total. The first kappa shape index (κ1) is 15.0. The van der Waals surface area contributed by atoms with Crippen molar-refractivity contribution in [1.29, 1.82) is 0 Å². The third kappa shape index (κ3) is 2.42. The lowest BCUT2D eigenvalue weighted by Gasteiger charge is -2.58. The third-order valence-electron chi connectivity index (χ3n) is 6.08. The van der Waals surface area contributed by atoms with Crippen LogP contribution in [0.2, 0.25) is 0 Å². The van der Waals surface area contributed by atoms with E-state index in [1.165, 1.54) is 51.5 Å². The van der Waals surface area contributed by atoms with Crippen LogP contribution in [0.25, 0.3) is 0 Å². The summed E-state index contributed by atoms with van der Waals surface area (Å²) in [5.74, 6) is 2.45. The Balaban J connectivity index is 1.58. The van der Waals surface area contributed by atoms with Crippen molar-refractivity contribution in [3.63, 3.8) is 0 Å². The summed E-state index contributed by atoms with van der Waals surface area (Å²) in [6.07, 6.45) is 9.20. The fourth-order valence-corrected chi connectivity index (χ4v) is 7.70. The fourth-order valence-electron chi connectivity index (χ4n) is 5.56. The Bertz CT molecular complexity index is 471. The molecule has 4 aliphatic carbocycles. The van der Waals surface area contributed by atoms with Crippen LogP contribution in [0.3, 0.4) is 0 Å². The molecule has 5 heteroatoms. The first-order valence-electron chi connectivity index (χ1n) is 8.47. The summed E-state index contributed by atoms with van der Waals surface area (Å²) < 4.78 is 0.207. The highest BCUT2D eigenvalue weighted by Crippen LogP contribution is 2.61. The van der Waals surface area contributed by atoms with Gasteiger partial charge in [-0.3, -0.25) is 4.79 Å². The van der Waals surface area contributed by atoms with Crippen LogP contribution < -0.4 is 0 Å². The predicted molar refractivity (Wildman–Crippen MR) is 86.0 cm³/mol. The van der Waals surface area contributed by atoms with E-state index in [0.717, 1.165) is 17.8 Å². The summed E-state index contributed by atoms with van der Waals surface area (Å²) in [6, 6.07) is 0. The van der Waals surface area contributed by atoms with Crippen molar-refractivity contribution in [3.05, 3.63) is 12.3 Å². The number of nitrogens with zero attached hydrogens (tertiary/aromatic N) is 1. The van der Waals surface area contributed by atoms with Gasteiger partial charge in [-0.25, -0.2) is 0 Å². The van der Waals surface area contributed by atoms with E-state index in [2.05, 4.69) is 0 Å². The maximum atomic E-state index is 11.9. The minimum atomic E-state index is -0.896. The number of hydrogen-bond donors (Lipinski definition) is 2. The van der Waals surface area contributed by atoms with Crippen molar-refractivity contribution in [2.24, 2.45) is 17.8 Å². The summed E-state index contributed by atoms with van der Waals surface area (Å²) in [5, 5.41) is 20.1. The Morgan fingerprint density at radius 2 is 1.68 bits per heavy atom. The lowest BCUT2D eigenvalue weighted by Crippen LogP contribution is -2.55. The summed E-state index contributed by atoms with van der Waals surface area (Å²) >= 11 is 1.77. The average molecular weight is 323 g/mol. The zero-order chi connectivity index (χ0) is 15.5. The van der Waals surface area contributed by atoms with Crippen molar-refractivity contribution in [2.75, 3.05) is 0 Å². The van der Waals surface area contributed by atoms with Gasteiger partial charge in [-0.15, -0.1) is 11.8 Å². The van der Waals surface area contributed by atoms with E-state index in [4.69, 9.17) is 0 Å². The maximum Gasteiger partial charge on any atom is 0.224 e. The smallest absolute Gasteiger partial charge is 0.224 e. The molecule has 0 radical (unpaired) electrons. The van der Waals surface area contributed by atoms with E-state index in [-0.39, 0.29) is 16.0 Å². The van der Waals surface area contributed by atoms with Gasteiger partial charge in [0.25, 0.3) is 0 Å². The summed E-state index contributed by atoms with van der Waals surface area (Å²) in [7, 11) is 0. The average Bonchev–Trinajstić information content (AvgIpc) is 2.42. The number of carbonyl (C=O) groups is 1. The molecule has 0 aromatic carbocycles. The number of amides is 1. The van der Waals surface area contributed by atoms with Crippen LogP contribution in [0, 0.1) is 17.8 Å². The number of thioether (sulfide) groups is 1. The third-order valence-corrected chi connectivity index (χ3v) is 7.82. The van der Waals surface area contributed by atoms with E-state index in [9.17, 15) is 15.0 Å². The van der Waals surface area contributed by atoms with Crippen molar-refractivity contribution in [3.8, 4) is 0 Å². The van der Waals surface area contributed by atoms with Crippen LogP contribution in [0.1, 0.15) is 45.4 Å². The second-order valence-electron chi connectivity index (χ2n) is 7.86. The molecule has 4 fully saturated rings. The van der Waals surface area contributed by atoms with Crippen LogP contribution in [-0.2, 0) is 4.79 Å². The normalized spacial score (nSPS) is 49.7. The van der Waals surface area contributed by atoms with Gasteiger partial charge >= 0.3 is 0 Å². The molecular formula is C17H25NO3S. The van der Waals surface area contributed by atoms with Gasteiger partial charge in [-0.2, -0.15) is 0 Å². The summed E-state index contributed by atoms with van der Waals surface area (Å²) in [5.41, 5.74) is 0. The second kappa shape index (κ2) is 5.25. The minimum absolute atomic E-state index is 0.0653. The molecule has 5 rings (SSSR count). The largest absolute Gasteiger partial charge is 0.387 e. The number of aliphatic hydroxyl groups excluding tert-OH is 2. The SMILES string of the molecule is CC(=O)N1C=CC(O)C(O)C1SC12CC3CC(CC(C3)C1)C2. The standard InChI is InChI=1S/C17H25NO3S/c1-10(19)18-3-2-14(20)15(21)16(18)22-17-7-11-4-12(8-17)6-13(5-11)9-17/h2-3,11-16,20-21H,4-9H2,1H3. The van der Waals surface area contributed by atoms with E-state index < -0.39 is 12.2 Å². The highest BCUT2D eigenvalue weighted by Gasteiger charge is 2.53. The molecule has 0 saturated heterocycles. The van der Waals surface area contributed by atoms with Crippen LogP contribution in [0.15, 0.2) is 12.3 Å². The van der Waals surface area contributed by atoms with Crippen molar-refractivity contribution >= 4 is 17.7 Å². The molecule has 3 unspecified atom stereocenters. The lowest BCUT2D eigenvalue weighted by molar-refractivity contribution is -0.129. The van der Waals surface area contributed by atoms with Crippen molar-refractivity contribution < 1.29 is 15.0 Å². The summed E-state index contributed by atoms with van der Waals surface area (Å²) in [4.78, 5) is 13.5. The second-order valence-corrected chi connectivity index (χ2v) is 9.44. The van der Waals surface area contributed by atoms with Crippen LogP contribution in [-0.4, -0.2) is 43.3 Å². The molecule has 1 amide bonds. The zero-order valence-electron chi connectivity index (χ0n) is 13.0. The van der Waals surface area contributed by atoms with Crippen molar-refractivity contribution in [2.45, 2.75) is 67.8 Å². The van der Waals surface area contributed by atoms with Gasteiger partial charge < -0.3 is 15.1 Å². The van der Waals surface area contributed by atoms with E-state index >= 15 is 0 Å². The number of aliphatic hydroxyl groups is 2. The van der Waals surface area contributed by atoms with Gasteiger partial charge in [0, 0.05) is 17.9 Å². The van der Waals surface area contributed by atoms with Crippen LogP contribution in [0.5, 0.6) is 0 Å². The monoisotopic (exact) mass is 323 g/mol. The van der Waals surface area contributed by atoms with Gasteiger partial charge in [-0.1, -0.05) is 0 Å². The van der Waals surface area contributed by atoms with Crippen molar-refractivity contribution in [1.82, 2.24) is 4.90 Å². The first-order chi connectivity index (χ1) is 10.5. The topological polar surface area (TPSA) is 60.8 Å². The fraction of sp³-hybridized carbons (Fsp3) is 0.824. The molecular weight excluding hydrogens is 298 g/mol. The van der Waals surface area contributed by atoms with Gasteiger partial charge in [0.2, 0.25) is 5.91 Å². The van der Waals surface area contributed by atoms with Gasteiger partial charge in [0.05, 0.1) is 0 Å². The van der Waals surface area contributed by atoms with E-state index in [1.54, 1.807) is 22.9 Å². The highest BCUT2D eigenvalue weighted by molar-refractivity contribution is 8.01. The maximum absolute atomic E-state index is 11.9. The predicted octanol–water partition coefficient (Wildman–Crippen LogP) is 2.11. The molecule has 4 nitrogen and oxygen atoms in total.